The van der Waals surface area contributed by atoms with E-state index in [-0.39, 0.29) is 11.5 Å². The molecule has 1 aromatic heterocycles. The van der Waals surface area contributed by atoms with E-state index in [1.807, 2.05) is 6.07 Å². The summed E-state index contributed by atoms with van der Waals surface area (Å²) in [6, 6.07) is 6.91. The van der Waals surface area contributed by atoms with Crippen molar-refractivity contribution in [3.05, 3.63) is 35.5 Å². The Morgan fingerprint density at radius 2 is 1.89 bits per heavy atom. The van der Waals surface area contributed by atoms with Crippen LogP contribution in [0.3, 0.4) is 0 Å². The average molecular weight is 424 g/mol. The molecule has 28 heavy (non-hydrogen) atoms. The molecule has 7 nitrogen and oxygen atoms in total. The molecule has 0 aliphatic carbocycles. The minimum atomic E-state index is -3.52. The van der Waals surface area contributed by atoms with E-state index in [0.29, 0.717) is 61.3 Å². The van der Waals surface area contributed by atoms with Crippen LogP contribution in [0.25, 0.3) is 11.1 Å². The molecule has 0 spiro atoms. The Hall–Kier alpha value is -1.87. The lowest BCUT2D eigenvalue weighted by Crippen LogP contribution is -2.36. The molecule has 150 valence electrons. The number of nitrogen functional groups attached to an aromatic ring is 1. The number of anilines is 2. The molecule has 3 heterocycles. The summed E-state index contributed by atoms with van der Waals surface area (Å²) < 4.78 is 37.1. The van der Waals surface area contributed by atoms with Gasteiger partial charge in [0, 0.05) is 37.1 Å². The summed E-state index contributed by atoms with van der Waals surface area (Å²) in [6.07, 6.45) is 2.08. The topological polar surface area (TPSA) is 94.8 Å². The summed E-state index contributed by atoms with van der Waals surface area (Å²) >= 11 is 6.37. The number of nitrogens with zero attached hydrogens (tertiary/aromatic N) is 2. The summed E-state index contributed by atoms with van der Waals surface area (Å²) in [4.78, 5) is 6.51. The third kappa shape index (κ3) is 3.82. The highest BCUT2D eigenvalue weighted by molar-refractivity contribution is 7.92. The molecule has 2 saturated heterocycles. The van der Waals surface area contributed by atoms with Crippen molar-refractivity contribution in [1.29, 1.82) is 0 Å². The van der Waals surface area contributed by atoms with Crippen molar-refractivity contribution in [2.75, 3.05) is 50.2 Å². The molecule has 9 heteroatoms. The van der Waals surface area contributed by atoms with Gasteiger partial charge in [-0.2, -0.15) is 0 Å². The second-order valence-corrected chi connectivity index (χ2v) is 9.57. The van der Waals surface area contributed by atoms with Crippen LogP contribution in [-0.2, 0) is 19.3 Å². The van der Waals surface area contributed by atoms with Gasteiger partial charge in [0.2, 0.25) is 0 Å². The maximum absolute atomic E-state index is 13.2. The van der Waals surface area contributed by atoms with Gasteiger partial charge in [-0.05, 0) is 36.2 Å². The second kappa shape index (κ2) is 7.87. The minimum absolute atomic E-state index is 0.226. The molecule has 0 amide bonds. The zero-order valence-electron chi connectivity index (χ0n) is 15.3. The quantitative estimate of drug-likeness (QED) is 0.806. The first-order valence-corrected chi connectivity index (χ1v) is 11.1. The van der Waals surface area contributed by atoms with E-state index in [1.54, 1.807) is 24.4 Å². The largest absolute Gasteiger partial charge is 0.384 e. The van der Waals surface area contributed by atoms with Crippen molar-refractivity contribution < 1.29 is 17.9 Å². The predicted molar refractivity (Wildman–Crippen MR) is 109 cm³/mol. The predicted octanol–water partition coefficient (Wildman–Crippen LogP) is 2.38. The van der Waals surface area contributed by atoms with Gasteiger partial charge < -0.3 is 20.1 Å². The van der Waals surface area contributed by atoms with E-state index in [4.69, 9.17) is 26.8 Å². The molecule has 0 saturated carbocycles. The van der Waals surface area contributed by atoms with Crippen LogP contribution in [0, 0.1) is 0 Å². The molecule has 2 aliphatic rings. The van der Waals surface area contributed by atoms with Gasteiger partial charge in [-0.1, -0.05) is 11.6 Å². The van der Waals surface area contributed by atoms with Gasteiger partial charge in [-0.15, -0.1) is 0 Å². The molecule has 4 rings (SSSR count). The van der Waals surface area contributed by atoms with Crippen molar-refractivity contribution in [3.63, 3.8) is 0 Å². The number of rotatable bonds is 4. The lowest BCUT2D eigenvalue weighted by Gasteiger charge is -2.30. The molecular formula is C19H22ClN3O4S. The van der Waals surface area contributed by atoms with Gasteiger partial charge in [0.05, 0.1) is 35.0 Å². The Morgan fingerprint density at radius 3 is 2.57 bits per heavy atom. The van der Waals surface area contributed by atoms with Crippen molar-refractivity contribution in [3.8, 4) is 11.1 Å². The van der Waals surface area contributed by atoms with E-state index >= 15 is 0 Å². The molecular weight excluding hydrogens is 402 g/mol. The van der Waals surface area contributed by atoms with Crippen LogP contribution in [-0.4, -0.2) is 58.2 Å². The number of hydrogen-bond acceptors (Lipinski definition) is 7. The number of nitrogens with two attached hydrogens (primary N) is 1. The lowest BCUT2D eigenvalue weighted by molar-refractivity contribution is 0.122. The Bertz CT molecular complexity index is 971. The van der Waals surface area contributed by atoms with Gasteiger partial charge in [0.25, 0.3) is 0 Å². The Balaban J connectivity index is 1.83. The molecule has 2 aromatic rings. The normalized spacial score (nSPS) is 20.5. The Labute approximate surface area is 169 Å². The van der Waals surface area contributed by atoms with Crippen molar-refractivity contribution >= 4 is 32.9 Å². The van der Waals surface area contributed by atoms with E-state index < -0.39 is 15.1 Å². The summed E-state index contributed by atoms with van der Waals surface area (Å²) in [7, 11) is -3.52. The summed E-state index contributed by atoms with van der Waals surface area (Å²) in [6.45, 7) is 3.30. The highest BCUT2D eigenvalue weighted by Crippen LogP contribution is 2.35. The van der Waals surface area contributed by atoms with Crippen molar-refractivity contribution in [1.82, 2.24) is 4.98 Å². The monoisotopic (exact) mass is 423 g/mol. The second-order valence-electron chi connectivity index (χ2n) is 6.93. The fourth-order valence-electron chi connectivity index (χ4n) is 3.52. The first-order chi connectivity index (χ1) is 13.4. The highest BCUT2D eigenvalue weighted by atomic mass is 35.5. The summed E-state index contributed by atoms with van der Waals surface area (Å²) in [5.41, 5.74) is 7.87. The number of pyridine rings is 1. The Morgan fingerprint density at radius 1 is 1.11 bits per heavy atom. The van der Waals surface area contributed by atoms with Crippen molar-refractivity contribution in [2.45, 2.75) is 16.6 Å². The van der Waals surface area contributed by atoms with Crippen LogP contribution in [0.15, 0.2) is 35.4 Å². The molecule has 1 aromatic carbocycles. The van der Waals surface area contributed by atoms with Gasteiger partial charge in [-0.25, -0.2) is 13.4 Å². The summed E-state index contributed by atoms with van der Waals surface area (Å²) in [5, 5.41) is -0.0977. The van der Waals surface area contributed by atoms with Crippen LogP contribution < -0.4 is 10.6 Å². The smallest absolute Gasteiger partial charge is 0.183 e. The molecule has 0 radical (unpaired) electrons. The van der Waals surface area contributed by atoms with Crippen molar-refractivity contribution in [2.24, 2.45) is 0 Å². The van der Waals surface area contributed by atoms with Gasteiger partial charge in [0.15, 0.2) is 9.84 Å². The van der Waals surface area contributed by atoms with Gasteiger partial charge >= 0.3 is 0 Å². The highest BCUT2D eigenvalue weighted by Gasteiger charge is 2.32. The van der Waals surface area contributed by atoms with Gasteiger partial charge in [-0.3, -0.25) is 0 Å². The molecule has 2 fully saturated rings. The van der Waals surface area contributed by atoms with E-state index in [0.717, 1.165) is 5.69 Å². The lowest BCUT2D eigenvalue weighted by atomic mass is 10.1. The maximum Gasteiger partial charge on any atom is 0.183 e. The van der Waals surface area contributed by atoms with Crippen LogP contribution in [0.5, 0.6) is 0 Å². The fourth-order valence-corrected chi connectivity index (χ4v) is 5.43. The first kappa shape index (κ1) is 19.4. The number of aromatic nitrogens is 1. The van der Waals surface area contributed by atoms with Gasteiger partial charge in [0.1, 0.15) is 5.82 Å². The van der Waals surface area contributed by atoms with Crippen LogP contribution in [0.1, 0.15) is 6.42 Å². The molecule has 0 unspecified atom stereocenters. The van der Waals surface area contributed by atoms with Crippen LogP contribution >= 0.6 is 11.6 Å². The molecule has 1 atom stereocenters. The zero-order chi connectivity index (χ0) is 19.7. The summed E-state index contributed by atoms with van der Waals surface area (Å²) in [5.74, 6) is 0.314. The minimum Gasteiger partial charge on any atom is -0.384 e. The number of ether oxygens (including phenoxy) is 2. The number of sulfone groups is 1. The average Bonchev–Trinajstić information content (AvgIpc) is 3.24. The number of morpholine rings is 1. The standard InChI is InChI=1S/C19H22ClN3O4S/c20-18-10-19(21)22-11-17(18)13-7-14(23-2-5-26-6-3-23)9-16(8-13)28(24,25)15-1-4-27-12-15/h7-11,15H,1-6,12H2,(H2,21,22)/t15-/m1/s1. The molecule has 0 bridgehead atoms. The maximum atomic E-state index is 13.2. The SMILES string of the molecule is Nc1cc(Cl)c(-c2cc(N3CCOCC3)cc(S(=O)(=O)[C@@H]3CCOC3)c2)cn1. The van der Waals surface area contributed by atoms with Crippen LogP contribution in [0.2, 0.25) is 5.02 Å². The number of benzene rings is 1. The number of halogens is 1. The van der Waals surface area contributed by atoms with Crippen LogP contribution in [0.4, 0.5) is 11.5 Å². The fraction of sp³-hybridized carbons (Fsp3) is 0.421. The zero-order valence-corrected chi connectivity index (χ0v) is 16.9. The van der Waals surface area contributed by atoms with E-state index in [2.05, 4.69) is 9.88 Å². The molecule has 2 N–H and O–H groups in total. The van der Waals surface area contributed by atoms with E-state index in [1.165, 1.54) is 0 Å². The number of hydrogen-bond donors (Lipinski definition) is 1. The molecule has 2 aliphatic heterocycles. The van der Waals surface area contributed by atoms with E-state index in [9.17, 15) is 8.42 Å². The Kier molecular flexibility index (Phi) is 5.46. The third-order valence-corrected chi connectivity index (χ3v) is 7.56. The third-order valence-electron chi connectivity index (χ3n) is 5.11. The first-order valence-electron chi connectivity index (χ1n) is 9.16.